The second kappa shape index (κ2) is 6.63. The van der Waals surface area contributed by atoms with Gasteiger partial charge in [-0.2, -0.15) is 5.10 Å². The van der Waals surface area contributed by atoms with Gasteiger partial charge < -0.3 is 4.74 Å². The minimum atomic E-state index is 0.186. The Morgan fingerprint density at radius 2 is 2.17 bits per heavy atom. The van der Waals surface area contributed by atoms with Crippen LogP contribution in [0.4, 0.5) is 0 Å². The van der Waals surface area contributed by atoms with Crippen molar-refractivity contribution in [3.63, 3.8) is 0 Å². The first kappa shape index (κ1) is 15.7. The standard InChI is InChI=1S/C18H22N4OS/c1-13-9-14(2)22(20-13)11-15-10-21(7-8-23-15)12-18-19-16-5-3-4-6-17(16)24-18/h3-6,9,15H,7-8,10-12H2,1-2H3. The molecule has 5 nitrogen and oxygen atoms in total. The molecule has 0 spiro atoms. The minimum Gasteiger partial charge on any atom is -0.374 e. The van der Waals surface area contributed by atoms with E-state index in [1.165, 1.54) is 15.4 Å². The van der Waals surface area contributed by atoms with Crippen LogP contribution in [0.2, 0.25) is 0 Å². The number of rotatable bonds is 4. The summed E-state index contributed by atoms with van der Waals surface area (Å²) in [7, 11) is 0. The maximum absolute atomic E-state index is 5.95. The molecule has 1 fully saturated rings. The SMILES string of the molecule is Cc1cc(C)n(CC2CN(Cc3nc4ccccc4s3)CCO2)n1. The van der Waals surface area contributed by atoms with Crippen molar-refractivity contribution in [2.24, 2.45) is 0 Å². The van der Waals surface area contributed by atoms with E-state index in [1.807, 2.05) is 13.0 Å². The number of hydrogen-bond acceptors (Lipinski definition) is 5. The third-order valence-corrected chi connectivity index (χ3v) is 5.42. The van der Waals surface area contributed by atoms with E-state index in [0.717, 1.165) is 44.0 Å². The van der Waals surface area contributed by atoms with Gasteiger partial charge in [0.15, 0.2) is 0 Å². The van der Waals surface area contributed by atoms with E-state index in [0.29, 0.717) is 0 Å². The van der Waals surface area contributed by atoms with Crippen LogP contribution in [0, 0.1) is 13.8 Å². The fourth-order valence-corrected chi connectivity index (χ4v) is 4.28. The molecule has 0 saturated carbocycles. The van der Waals surface area contributed by atoms with Crippen molar-refractivity contribution in [1.82, 2.24) is 19.7 Å². The molecule has 3 aromatic rings. The van der Waals surface area contributed by atoms with Crippen LogP contribution >= 0.6 is 11.3 Å². The highest BCUT2D eigenvalue weighted by molar-refractivity contribution is 7.18. The van der Waals surface area contributed by atoms with Crippen molar-refractivity contribution in [1.29, 1.82) is 0 Å². The van der Waals surface area contributed by atoms with Crippen LogP contribution in [0.1, 0.15) is 16.4 Å². The molecule has 1 atom stereocenters. The molecule has 1 aromatic carbocycles. The topological polar surface area (TPSA) is 43.2 Å². The Hall–Kier alpha value is -1.76. The average Bonchev–Trinajstić information content (AvgIpc) is 3.10. The number of aryl methyl sites for hydroxylation is 2. The Bertz CT molecular complexity index is 808. The lowest BCUT2D eigenvalue weighted by atomic mass is 10.2. The van der Waals surface area contributed by atoms with E-state index in [2.05, 4.69) is 45.9 Å². The molecular weight excluding hydrogens is 320 g/mol. The highest BCUT2D eigenvalue weighted by atomic mass is 32.1. The zero-order valence-electron chi connectivity index (χ0n) is 14.1. The van der Waals surface area contributed by atoms with Crippen LogP contribution in [0.5, 0.6) is 0 Å². The largest absolute Gasteiger partial charge is 0.374 e. The lowest BCUT2D eigenvalue weighted by molar-refractivity contribution is -0.0404. The van der Waals surface area contributed by atoms with E-state index in [4.69, 9.17) is 9.72 Å². The van der Waals surface area contributed by atoms with Crippen LogP contribution in [-0.4, -0.2) is 45.5 Å². The Morgan fingerprint density at radius 1 is 1.29 bits per heavy atom. The highest BCUT2D eigenvalue weighted by Gasteiger charge is 2.22. The molecule has 4 rings (SSSR count). The Kier molecular flexibility index (Phi) is 4.35. The lowest BCUT2D eigenvalue weighted by Crippen LogP contribution is -2.43. The number of aromatic nitrogens is 3. The Balaban J connectivity index is 1.42. The van der Waals surface area contributed by atoms with Gasteiger partial charge in [0.25, 0.3) is 0 Å². The van der Waals surface area contributed by atoms with Crippen molar-refractivity contribution < 1.29 is 4.74 Å². The molecule has 1 aliphatic rings. The van der Waals surface area contributed by atoms with E-state index in [-0.39, 0.29) is 6.10 Å². The van der Waals surface area contributed by atoms with Crippen LogP contribution < -0.4 is 0 Å². The van der Waals surface area contributed by atoms with Gasteiger partial charge in [0.05, 0.1) is 41.7 Å². The number of hydrogen-bond donors (Lipinski definition) is 0. The molecule has 1 saturated heterocycles. The maximum Gasteiger partial charge on any atom is 0.108 e. The van der Waals surface area contributed by atoms with E-state index in [9.17, 15) is 0 Å². The predicted octanol–water partition coefficient (Wildman–Crippen LogP) is 3.01. The summed E-state index contributed by atoms with van der Waals surface area (Å²) < 4.78 is 9.27. The summed E-state index contributed by atoms with van der Waals surface area (Å²) in [6.07, 6.45) is 0.186. The monoisotopic (exact) mass is 342 g/mol. The Morgan fingerprint density at radius 3 is 2.96 bits per heavy atom. The van der Waals surface area contributed by atoms with Crippen LogP contribution in [0.15, 0.2) is 30.3 Å². The normalized spacial score (nSPS) is 19.2. The number of benzene rings is 1. The van der Waals surface area contributed by atoms with Crippen LogP contribution in [0.3, 0.4) is 0 Å². The number of ether oxygens (including phenoxy) is 1. The first-order valence-electron chi connectivity index (χ1n) is 8.37. The average molecular weight is 342 g/mol. The van der Waals surface area contributed by atoms with Crippen molar-refractivity contribution in [2.45, 2.75) is 33.0 Å². The summed E-state index contributed by atoms with van der Waals surface area (Å²) in [5.74, 6) is 0. The molecule has 0 amide bonds. The van der Waals surface area contributed by atoms with E-state index >= 15 is 0 Å². The van der Waals surface area contributed by atoms with E-state index in [1.54, 1.807) is 11.3 Å². The number of para-hydroxylation sites is 1. The molecule has 24 heavy (non-hydrogen) atoms. The Labute approximate surface area is 145 Å². The second-order valence-electron chi connectivity index (χ2n) is 6.41. The number of thiazole rings is 1. The summed E-state index contributed by atoms with van der Waals surface area (Å²) in [5.41, 5.74) is 3.36. The molecule has 1 unspecified atom stereocenters. The van der Waals surface area contributed by atoms with Gasteiger partial charge in [0.1, 0.15) is 5.01 Å². The lowest BCUT2D eigenvalue weighted by Gasteiger charge is -2.32. The van der Waals surface area contributed by atoms with Gasteiger partial charge in [-0.15, -0.1) is 11.3 Å². The molecular formula is C18H22N4OS. The molecule has 0 aliphatic carbocycles. The minimum absolute atomic E-state index is 0.186. The third kappa shape index (κ3) is 3.36. The van der Waals surface area contributed by atoms with Crippen molar-refractivity contribution in [3.05, 3.63) is 46.7 Å². The van der Waals surface area contributed by atoms with Gasteiger partial charge >= 0.3 is 0 Å². The summed E-state index contributed by atoms with van der Waals surface area (Å²) in [6.45, 7) is 8.51. The van der Waals surface area contributed by atoms with Crippen molar-refractivity contribution in [3.8, 4) is 0 Å². The molecule has 2 aromatic heterocycles. The quantitative estimate of drug-likeness (QED) is 0.731. The summed E-state index contributed by atoms with van der Waals surface area (Å²) in [6, 6.07) is 10.5. The summed E-state index contributed by atoms with van der Waals surface area (Å²) in [5, 5.41) is 5.73. The molecule has 126 valence electrons. The van der Waals surface area contributed by atoms with Crippen LogP contribution in [0.25, 0.3) is 10.2 Å². The van der Waals surface area contributed by atoms with Crippen LogP contribution in [-0.2, 0) is 17.8 Å². The molecule has 0 bridgehead atoms. The molecule has 0 radical (unpaired) electrons. The highest BCUT2D eigenvalue weighted by Crippen LogP contribution is 2.23. The van der Waals surface area contributed by atoms with Gasteiger partial charge in [-0.3, -0.25) is 9.58 Å². The fourth-order valence-electron chi connectivity index (χ4n) is 3.27. The number of morpholine rings is 1. The van der Waals surface area contributed by atoms with Crippen molar-refractivity contribution >= 4 is 21.6 Å². The first-order valence-corrected chi connectivity index (χ1v) is 9.18. The molecule has 3 heterocycles. The van der Waals surface area contributed by atoms with Crippen molar-refractivity contribution in [2.75, 3.05) is 19.7 Å². The van der Waals surface area contributed by atoms with Gasteiger partial charge in [0, 0.05) is 18.8 Å². The zero-order valence-corrected chi connectivity index (χ0v) is 14.9. The predicted molar refractivity (Wildman–Crippen MR) is 96.3 cm³/mol. The number of fused-ring (bicyclic) bond motifs is 1. The summed E-state index contributed by atoms with van der Waals surface area (Å²) >= 11 is 1.79. The third-order valence-electron chi connectivity index (χ3n) is 4.40. The smallest absolute Gasteiger partial charge is 0.108 e. The van der Waals surface area contributed by atoms with Gasteiger partial charge in [-0.1, -0.05) is 12.1 Å². The molecule has 6 heteroatoms. The van der Waals surface area contributed by atoms with Gasteiger partial charge in [0.2, 0.25) is 0 Å². The molecule has 1 aliphatic heterocycles. The van der Waals surface area contributed by atoms with E-state index < -0.39 is 0 Å². The maximum atomic E-state index is 5.95. The fraction of sp³-hybridized carbons (Fsp3) is 0.444. The summed E-state index contributed by atoms with van der Waals surface area (Å²) in [4.78, 5) is 7.19. The number of nitrogens with zero attached hydrogens (tertiary/aromatic N) is 4. The second-order valence-corrected chi connectivity index (χ2v) is 7.53. The van der Waals surface area contributed by atoms with Gasteiger partial charge in [-0.05, 0) is 32.0 Å². The zero-order chi connectivity index (χ0) is 16.5. The van der Waals surface area contributed by atoms with Gasteiger partial charge in [-0.25, -0.2) is 4.98 Å². The first-order chi connectivity index (χ1) is 11.7. The molecule has 0 N–H and O–H groups in total.